The number of nitrogens with one attached hydrogen (secondary N) is 4. The van der Waals surface area contributed by atoms with Crippen LogP contribution >= 0.6 is 0 Å². The van der Waals surface area contributed by atoms with E-state index < -0.39 is 66.0 Å². The Hall–Kier alpha value is -4.53. The summed E-state index contributed by atoms with van der Waals surface area (Å²) in [6.45, 7) is 0.567. The first-order chi connectivity index (χ1) is 20.5. The summed E-state index contributed by atoms with van der Waals surface area (Å²) < 4.78 is 0. The number of rotatable bonds is 12. The Labute approximate surface area is 249 Å². The lowest BCUT2D eigenvalue weighted by Crippen LogP contribution is -2.58. The minimum absolute atomic E-state index is 0.0230. The quantitative estimate of drug-likeness (QED) is 0.0755. The number of carboxylic acid groups (broad SMARTS) is 1. The predicted octanol–water partition coefficient (Wildman–Crippen LogP) is -1.81. The van der Waals surface area contributed by atoms with E-state index in [2.05, 4.69) is 26.3 Å². The van der Waals surface area contributed by atoms with Crippen molar-refractivity contribution >= 4 is 41.3 Å². The van der Waals surface area contributed by atoms with Gasteiger partial charge < -0.3 is 43.6 Å². The number of hydrogen-bond acceptors (Lipinski definition) is 8. The molecule has 236 valence electrons. The van der Waals surface area contributed by atoms with Crippen molar-refractivity contribution in [2.24, 2.45) is 22.2 Å². The standard InChI is InChI=1S/C28H42N8O7/c29-13-5-4-9-19-25(41)34-18(10-6-14-32-28(30)31)22(37)11-12-23(38)33-21(16-24(39)40)27(43)36-20(26(42)35-19)15-17-7-2-1-3-8-17/h1-3,7-8,18-21H,4-6,9-16,29H2,(H,33,38)(H,34,41)(H,35,42)(H,36,43)(H,39,40)(H4,30,31,32)/t18-,19+,20-,21+/m1/s1. The number of unbranched alkanes of at least 4 members (excludes halogenated alkanes) is 1. The van der Waals surface area contributed by atoms with Crippen LogP contribution in [0.25, 0.3) is 0 Å². The van der Waals surface area contributed by atoms with E-state index in [0.717, 1.165) is 0 Å². The molecule has 1 aliphatic rings. The number of aliphatic carboxylic acids is 1. The Morgan fingerprint density at radius 1 is 0.791 bits per heavy atom. The molecule has 0 saturated carbocycles. The normalized spacial score (nSPS) is 22.2. The van der Waals surface area contributed by atoms with Crippen LogP contribution < -0.4 is 38.5 Å². The number of carbonyl (C=O) groups excluding carboxylic acids is 5. The van der Waals surface area contributed by atoms with Gasteiger partial charge in [0.2, 0.25) is 23.6 Å². The van der Waals surface area contributed by atoms with Gasteiger partial charge in [-0.25, -0.2) is 0 Å². The molecule has 1 aromatic carbocycles. The predicted molar refractivity (Wildman–Crippen MR) is 157 cm³/mol. The van der Waals surface area contributed by atoms with Gasteiger partial charge in [0.15, 0.2) is 11.7 Å². The number of carbonyl (C=O) groups is 6. The van der Waals surface area contributed by atoms with Crippen LogP contribution in [0, 0.1) is 0 Å². The summed E-state index contributed by atoms with van der Waals surface area (Å²) in [6.07, 6.45) is 0.400. The van der Waals surface area contributed by atoms with E-state index in [-0.39, 0.29) is 44.6 Å². The van der Waals surface area contributed by atoms with Crippen molar-refractivity contribution in [1.82, 2.24) is 21.3 Å². The maximum absolute atomic E-state index is 13.6. The highest BCUT2D eigenvalue weighted by Gasteiger charge is 2.33. The lowest BCUT2D eigenvalue weighted by Gasteiger charge is -2.26. The molecular formula is C28H42N8O7. The van der Waals surface area contributed by atoms with Gasteiger partial charge in [-0.2, -0.15) is 0 Å². The number of ketones is 1. The third-order valence-electron chi connectivity index (χ3n) is 6.77. The number of benzene rings is 1. The Balaban J connectivity index is 2.44. The maximum atomic E-state index is 13.6. The molecule has 15 nitrogen and oxygen atoms in total. The van der Waals surface area contributed by atoms with Crippen LogP contribution in [-0.4, -0.2) is 83.7 Å². The van der Waals surface area contributed by atoms with E-state index in [0.29, 0.717) is 31.4 Å². The Bertz CT molecular complexity index is 1160. The average molecular weight is 603 g/mol. The van der Waals surface area contributed by atoms with Gasteiger partial charge in [-0.3, -0.25) is 33.8 Å². The van der Waals surface area contributed by atoms with Crippen molar-refractivity contribution in [2.75, 3.05) is 13.1 Å². The van der Waals surface area contributed by atoms with Gasteiger partial charge in [-0.15, -0.1) is 0 Å². The van der Waals surface area contributed by atoms with E-state index in [9.17, 15) is 33.9 Å². The van der Waals surface area contributed by atoms with E-state index in [4.69, 9.17) is 17.2 Å². The molecule has 0 bridgehead atoms. The molecule has 0 aliphatic carbocycles. The van der Waals surface area contributed by atoms with Crippen LogP contribution in [-0.2, 0) is 35.2 Å². The molecule has 0 unspecified atom stereocenters. The zero-order valence-electron chi connectivity index (χ0n) is 24.1. The molecule has 11 N–H and O–H groups in total. The van der Waals surface area contributed by atoms with Crippen molar-refractivity contribution in [3.05, 3.63) is 35.9 Å². The summed E-state index contributed by atoms with van der Waals surface area (Å²) in [7, 11) is 0. The monoisotopic (exact) mass is 602 g/mol. The molecule has 0 spiro atoms. The lowest BCUT2D eigenvalue weighted by atomic mass is 10.0. The van der Waals surface area contributed by atoms with Gasteiger partial charge in [-0.05, 0) is 44.2 Å². The summed E-state index contributed by atoms with van der Waals surface area (Å²) >= 11 is 0. The lowest BCUT2D eigenvalue weighted by molar-refractivity contribution is -0.141. The summed E-state index contributed by atoms with van der Waals surface area (Å²) in [6, 6.07) is 3.98. The number of nitrogens with zero attached hydrogens (tertiary/aromatic N) is 1. The van der Waals surface area contributed by atoms with Gasteiger partial charge in [-0.1, -0.05) is 30.3 Å². The zero-order chi connectivity index (χ0) is 31.8. The summed E-state index contributed by atoms with van der Waals surface area (Å²) in [5.41, 5.74) is 17.0. The Morgan fingerprint density at radius 3 is 2.05 bits per heavy atom. The molecule has 1 aromatic rings. The van der Waals surface area contributed by atoms with Crippen molar-refractivity contribution in [3.63, 3.8) is 0 Å². The second-order valence-corrected chi connectivity index (χ2v) is 10.3. The average Bonchev–Trinajstić information content (AvgIpc) is 2.95. The fraction of sp³-hybridized carbons (Fsp3) is 0.536. The number of aliphatic imine (C=N–C) groups is 1. The first kappa shape index (κ1) is 34.7. The topological polar surface area (TPSA) is 261 Å². The molecule has 1 fully saturated rings. The Morgan fingerprint density at radius 2 is 1.40 bits per heavy atom. The zero-order valence-corrected chi connectivity index (χ0v) is 24.1. The molecule has 1 heterocycles. The molecule has 43 heavy (non-hydrogen) atoms. The molecule has 4 amide bonds. The van der Waals surface area contributed by atoms with Crippen LogP contribution in [0.2, 0.25) is 0 Å². The minimum atomic E-state index is -1.51. The van der Waals surface area contributed by atoms with Gasteiger partial charge in [0, 0.05) is 25.8 Å². The fourth-order valence-electron chi connectivity index (χ4n) is 4.52. The molecule has 1 saturated heterocycles. The molecule has 2 rings (SSSR count). The van der Waals surface area contributed by atoms with E-state index >= 15 is 0 Å². The number of amides is 4. The molecule has 4 atom stereocenters. The molecule has 0 radical (unpaired) electrons. The van der Waals surface area contributed by atoms with Crippen LogP contribution in [0.3, 0.4) is 0 Å². The van der Waals surface area contributed by atoms with Gasteiger partial charge in [0.05, 0.1) is 12.5 Å². The van der Waals surface area contributed by atoms with Gasteiger partial charge in [0.1, 0.15) is 18.1 Å². The summed E-state index contributed by atoms with van der Waals surface area (Å²) in [4.78, 5) is 81.4. The van der Waals surface area contributed by atoms with Crippen molar-refractivity contribution in [3.8, 4) is 0 Å². The highest BCUT2D eigenvalue weighted by molar-refractivity contribution is 5.98. The van der Waals surface area contributed by atoms with Crippen molar-refractivity contribution in [2.45, 2.75) is 82.0 Å². The van der Waals surface area contributed by atoms with Crippen molar-refractivity contribution in [1.29, 1.82) is 0 Å². The van der Waals surface area contributed by atoms with Gasteiger partial charge in [0.25, 0.3) is 0 Å². The second kappa shape index (κ2) is 18.1. The number of guanidine groups is 1. The van der Waals surface area contributed by atoms with Crippen LogP contribution in [0.15, 0.2) is 35.3 Å². The fourth-order valence-corrected chi connectivity index (χ4v) is 4.52. The smallest absolute Gasteiger partial charge is 0.305 e. The molecule has 15 heteroatoms. The Kier molecular flexibility index (Phi) is 14.6. The number of carboxylic acids is 1. The highest BCUT2D eigenvalue weighted by atomic mass is 16.4. The minimum Gasteiger partial charge on any atom is -0.481 e. The highest BCUT2D eigenvalue weighted by Crippen LogP contribution is 2.11. The van der Waals surface area contributed by atoms with Crippen LogP contribution in [0.5, 0.6) is 0 Å². The number of nitrogens with two attached hydrogens (primary N) is 3. The largest absolute Gasteiger partial charge is 0.481 e. The van der Waals surface area contributed by atoms with Crippen LogP contribution in [0.1, 0.15) is 56.9 Å². The first-order valence-electron chi connectivity index (χ1n) is 14.2. The summed E-state index contributed by atoms with van der Waals surface area (Å²) in [5, 5.41) is 19.7. The van der Waals surface area contributed by atoms with E-state index in [1.165, 1.54) is 0 Å². The molecular weight excluding hydrogens is 560 g/mol. The first-order valence-corrected chi connectivity index (χ1v) is 14.2. The second-order valence-electron chi connectivity index (χ2n) is 10.3. The van der Waals surface area contributed by atoms with E-state index in [1.54, 1.807) is 30.3 Å². The maximum Gasteiger partial charge on any atom is 0.305 e. The molecule has 1 aliphatic heterocycles. The van der Waals surface area contributed by atoms with E-state index in [1.807, 2.05) is 0 Å². The third kappa shape index (κ3) is 12.9. The number of hydrogen-bond donors (Lipinski definition) is 8. The SMILES string of the molecule is NCCCC[C@@H]1NC(=O)[C@@H](Cc2ccccc2)NC(=O)[C@H](CC(=O)O)NC(=O)CCC(=O)[C@@H](CCCN=C(N)N)NC1=O. The van der Waals surface area contributed by atoms with Crippen LogP contribution in [0.4, 0.5) is 0 Å². The third-order valence-corrected chi connectivity index (χ3v) is 6.77. The summed E-state index contributed by atoms with van der Waals surface area (Å²) in [5.74, 6) is -4.88. The number of Topliss-reactive ketones (excluding diaryl/α,β-unsaturated/α-hetero) is 1. The molecule has 0 aromatic heterocycles. The van der Waals surface area contributed by atoms with Gasteiger partial charge >= 0.3 is 5.97 Å². The van der Waals surface area contributed by atoms with Crippen molar-refractivity contribution < 1.29 is 33.9 Å².